The summed E-state index contributed by atoms with van der Waals surface area (Å²) in [7, 11) is 0. The molecule has 0 spiro atoms. The van der Waals surface area contributed by atoms with Crippen LogP contribution >= 0.6 is 11.6 Å². The predicted octanol–water partition coefficient (Wildman–Crippen LogP) is 3.34. The average Bonchev–Trinajstić information content (AvgIpc) is 3.34. The van der Waals surface area contributed by atoms with Crippen molar-refractivity contribution in [1.82, 2.24) is 24.5 Å². The molecule has 3 aromatic rings. The molecule has 31 heavy (non-hydrogen) atoms. The van der Waals surface area contributed by atoms with Gasteiger partial charge in [0.05, 0.1) is 6.20 Å². The van der Waals surface area contributed by atoms with Crippen LogP contribution in [-0.2, 0) is 11.3 Å². The van der Waals surface area contributed by atoms with Crippen LogP contribution in [0.15, 0.2) is 29.2 Å². The van der Waals surface area contributed by atoms with Gasteiger partial charge in [0, 0.05) is 49.7 Å². The maximum absolute atomic E-state index is 13.4. The van der Waals surface area contributed by atoms with Gasteiger partial charge in [-0.05, 0) is 36.5 Å². The molecule has 2 saturated heterocycles. The lowest BCUT2D eigenvalue weighted by molar-refractivity contribution is 0.0832. The van der Waals surface area contributed by atoms with Gasteiger partial charge in [0.25, 0.3) is 5.56 Å². The first kappa shape index (κ1) is 20.6. The molecule has 2 aromatic heterocycles. The van der Waals surface area contributed by atoms with Crippen molar-refractivity contribution in [2.24, 2.45) is 5.92 Å². The summed E-state index contributed by atoms with van der Waals surface area (Å²) in [5.41, 5.74) is 1.21. The van der Waals surface area contributed by atoms with E-state index in [2.05, 4.69) is 21.8 Å². The normalized spacial score (nSPS) is 23.1. The van der Waals surface area contributed by atoms with Gasteiger partial charge >= 0.3 is 0 Å². The Balaban J connectivity index is 1.41. The lowest BCUT2D eigenvalue weighted by atomic mass is 9.97. The van der Waals surface area contributed by atoms with Gasteiger partial charge in [-0.3, -0.25) is 9.69 Å². The number of aromatic amines is 1. The molecule has 0 amide bonds. The summed E-state index contributed by atoms with van der Waals surface area (Å²) in [5, 5.41) is 5.26. The lowest BCUT2D eigenvalue weighted by Gasteiger charge is -2.21. The highest BCUT2D eigenvalue weighted by molar-refractivity contribution is 6.31. The number of halogens is 2. The summed E-state index contributed by atoms with van der Waals surface area (Å²) in [5.74, 6) is 1.82. The topological polar surface area (TPSA) is 75.5 Å². The van der Waals surface area contributed by atoms with Crippen LogP contribution in [0.2, 0.25) is 5.02 Å². The average molecular weight is 446 g/mol. The molecule has 2 aliphatic heterocycles. The molecule has 0 bridgehead atoms. The van der Waals surface area contributed by atoms with Gasteiger partial charge in [0.2, 0.25) is 0 Å². The Labute approximate surface area is 184 Å². The van der Waals surface area contributed by atoms with E-state index in [0.29, 0.717) is 42.0 Å². The standard InChI is InChI=1S/C22H25ClFN5O2/c1-13-10-28(11-15-2-3-16(24)8-18(15)23)12-17(13)20-26-22(30)19-9-25-21(29(19)27-20)14-4-6-31-7-5-14/h2-3,8-9,13-14,17H,4-7,10-12H2,1H3,(H,26,27,30). The van der Waals surface area contributed by atoms with Crippen LogP contribution < -0.4 is 5.56 Å². The van der Waals surface area contributed by atoms with Crippen molar-refractivity contribution >= 4 is 17.1 Å². The van der Waals surface area contributed by atoms with Crippen LogP contribution in [0.1, 0.15) is 48.8 Å². The molecule has 9 heteroatoms. The number of hydrogen-bond donors (Lipinski definition) is 1. The van der Waals surface area contributed by atoms with E-state index in [-0.39, 0.29) is 23.2 Å². The Morgan fingerprint density at radius 3 is 2.87 bits per heavy atom. The van der Waals surface area contributed by atoms with Gasteiger partial charge in [-0.15, -0.1) is 0 Å². The van der Waals surface area contributed by atoms with Crippen molar-refractivity contribution < 1.29 is 9.13 Å². The quantitative estimate of drug-likeness (QED) is 0.666. The molecule has 2 unspecified atom stereocenters. The monoisotopic (exact) mass is 445 g/mol. The predicted molar refractivity (Wildman–Crippen MR) is 115 cm³/mol. The SMILES string of the molecule is CC1CN(Cc2ccc(F)cc2Cl)CC1c1nn2c(C3CCOCC3)ncc2c(=O)[nH]1. The minimum atomic E-state index is -0.336. The van der Waals surface area contributed by atoms with E-state index in [0.717, 1.165) is 37.3 Å². The number of ether oxygens (including phenoxy) is 1. The van der Waals surface area contributed by atoms with Crippen LogP contribution in [0.5, 0.6) is 0 Å². The van der Waals surface area contributed by atoms with Gasteiger partial charge in [-0.25, -0.2) is 13.9 Å². The number of H-pyrrole nitrogens is 1. The first-order valence-corrected chi connectivity index (χ1v) is 11.1. The van der Waals surface area contributed by atoms with E-state index in [4.69, 9.17) is 21.4 Å². The number of likely N-dealkylation sites (tertiary alicyclic amines) is 1. The summed E-state index contributed by atoms with van der Waals surface area (Å²) >= 11 is 6.22. The Morgan fingerprint density at radius 1 is 1.29 bits per heavy atom. The Kier molecular flexibility index (Phi) is 5.54. The van der Waals surface area contributed by atoms with Crippen LogP contribution in [0.4, 0.5) is 4.39 Å². The third-order valence-corrected chi connectivity index (χ3v) is 6.83. The smallest absolute Gasteiger partial charge is 0.276 e. The summed E-state index contributed by atoms with van der Waals surface area (Å²) in [4.78, 5) is 22.5. The fraction of sp³-hybridized carbons (Fsp3) is 0.500. The zero-order valence-electron chi connectivity index (χ0n) is 17.4. The molecule has 2 aliphatic rings. The highest BCUT2D eigenvalue weighted by Crippen LogP contribution is 2.32. The molecule has 4 heterocycles. The fourth-order valence-corrected chi connectivity index (χ4v) is 5.00. The molecule has 0 saturated carbocycles. The van der Waals surface area contributed by atoms with E-state index in [1.54, 1.807) is 16.8 Å². The summed E-state index contributed by atoms with van der Waals surface area (Å²) < 4.78 is 20.6. The van der Waals surface area contributed by atoms with Gasteiger partial charge < -0.3 is 9.72 Å². The highest BCUT2D eigenvalue weighted by atomic mass is 35.5. The number of rotatable bonds is 4. The van der Waals surface area contributed by atoms with Crippen LogP contribution in [0.25, 0.3) is 5.52 Å². The number of benzene rings is 1. The van der Waals surface area contributed by atoms with Gasteiger partial charge in [-0.2, -0.15) is 5.10 Å². The molecule has 0 radical (unpaired) electrons. The van der Waals surface area contributed by atoms with Crippen molar-refractivity contribution in [2.45, 2.75) is 38.1 Å². The number of aromatic nitrogens is 4. The number of imidazole rings is 1. The number of nitrogens with one attached hydrogen (secondary N) is 1. The van der Waals surface area contributed by atoms with Crippen molar-refractivity contribution in [2.75, 3.05) is 26.3 Å². The molecule has 2 fully saturated rings. The molecule has 1 aromatic carbocycles. The fourth-order valence-electron chi connectivity index (χ4n) is 4.78. The third-order valence-electron chi connectivity index (χ3n) is 6.48. The van der Waals surface area contributed by atoms with Gasteiger partial charge in [0.15, 0.2) is 5.52 Å². The van der Waals surface area contributed by atoms with E-state index in [1.807, 2.05) is 0 Å². The van der Waals surface area contributed by atoms with Crippen LogP contribution in [0, 0.1) is 11.7 Å². The second-order valence-corrected chi connectivity index (χ2v) is 9.06. The largest absolute Gasteiger partial charge is 0.381 e. The Hall–Kier alpha value is -2.29. The van der Waals surface area contributed by atoms with Crippen LogP contribution in [-0.4, -0.2) is 50.8 Å². The molecule has 5 rings (SSSR count). The van der Waals surface area contributed by atoms with E-state index >= 15 is 0 Å². The highest BCUT2D eigenvalue weighted by Gasteiger charge is 2.33. The van der Waals surface area contributed by atoms with E-state index in [1.165, 1.54) is 12.1 Å². The first-order valence-electron chi connectivity index (χ1n) is 10.7. The van der Waals surface area contributed by atoms with Crippen molar-refractivity contribution in [3.8, 4) is 0 Å². The number of hydrogen-bond acceptors (Lipinski definition) is 5. The maximum atomic E-state index is 13.4. The zero-order chi connectivity index (χ0) is 21.5. The van der Waals surface area contributed by atoms with Crippen molar-refractivity contribution in [1.29, 1.82) is 0 Å². The summed E-state index contributed by atoms with van der Waals surface area (Å²) in [6, 6.07) is 4.51. The minimum Gasteiger partial charge on any atom is -0.381 e. The minimum absolute atomic E-state index is 0.0845. The van der Waals surface area contributed by atoms with Crippen molar-refractivity contribution in [3.63, 3.8) is 0 Å². The molecular weight excluding hydrogens is 421 g/mol. The molecule has 1 N–H and O–H groups in total. The summed E-state index contributed by atoms with van der Waals surface area (Å²) in [6.07, 6.45) is 3.38. The molecule has 164 valence electrons. The lowest BCUT2D eigenvalue weighted by Crippen LogP contribution is -2.24. The molecule has 2 atom stereocenters. The number of nitrogens with zero attached hydrogens (tertiary/aromatic N) is 4. The third kappa shape index (κ3) is 4.00. The second-order valence-electron chi connectivity index (χ2n) is 8.65. The summed E-state index contributed by atoms with van der Waals surface area (Å²) in [6.45, 7) is 5.78. The number of fused-ring (bicyclic) bond motifs is 1. The van der Waals surface area contributed by atoms with Gasteiger partial charge in [0.1, 0.15) is 17.5 Å². The Morgan fingerprint density at radius 2 is 2.10 bits per heavy atom. The van der Waals surface area contributed by atoms with Crippen molar-refractivity contribution in [3.05, 3.63) is 62.8 Å². The molecular formula is C22H25ClFN5O2. The Bertz CT molecular complexity index is 1160. The maximum Gasteiger partial charge on any atom is 0.276 e. The zero-order valence-corrected chi connectivity index (χ0v) is 18.1. The second kappa shape index (κ2) is 8.33. The van der Waals surface area contributed by atoms with E-state index < -0.39 is 0 Å². The van der Waals surface area contributed by atoms with Crippen LogP contribution in [0.3, 0.4) is 0 Å². The molecule has 0 aliphatic carbocycles. The van der Waals surface area contributed by atoms with E-state index in [9.17, 15) is 9.18 Å². The van der Waals surface area contributed by atoms with Gasteiger partial charge in [-0.1, -0.05) is 24.6 Å². The first-order chi connectivity index (χ1) is 15.0. The molecule has 7 nitrogen and oxygen atoms in total.